The van der Waals surface area contributed by atoms with E-state index in [2.05, 4.69) is 21.9 Å². The van der Waals surface area contributed by atoms with Crippen LogP contribution in [0.2, 0.25) is 0 Å². The second-order valence-electron chi connectivity index (χ2n) is 11.4. The Kier molecular flexibility index (Phi) is 12.2. The van der Waals surface area contributed by atoms with Gasteiger partial charge in [-0.3, -0.25) is 28.9 Å². The van der Waals surface area contributed by atoms with Gasteiger partial charge in [0.15, 0.2) is 0 Å². The van der Waals surface area contributed by atoms with Crippen molar-refractivity contribution in [2.24, 2.45) is 5.92 Å². The van der Waals surface area contributed by atoms with Crippen LogP contribution >= 0.6 is 0 Å². The van der Waals surface area contributed by atoms with Gasteiger partial charge in [0.2, 0.25) is 23.6 Å². The Hall–Kier alpha value is -2.73. The molecule has 0 aromatic carbocycles. The lowest BCUT2D eigenvalue weighted by Crippen LogP contribution is -2.57. The molecule has 3 aliphatic heterocycles. The fraction of sp³-hybridized carbons (Fsp3) is 0.821. The van der Waals surface area contributed by atoms with Gasteiger partial charge in [-0.2, -0.15) is 0 Å². The van der Waals surface area contributed by atoms with E-state index >= 15 is 0 Å². The van der Waals surface area contributed by atoms with Gasteiger partial charge in [0.05, 0.1) is 26.2 Å². The summed E-state index contributed by atoms with van der Waals surface area (Å²) in [6.45, 7) is 11.0. The number of nitrogens with zero attached hydrogens (tertiary/aromatic N) is 4. The fourth-order valence-electron chi connectivity index (χ4n) is 6.11. The molecule has 3 saturated heterocycles. The molecule has 3 aliphatic rings. The minimum absolute atomic E-state index is 0.00284. The number of morpholine rings is 1. The molecule has 5 atom stereocenters. The third kappa shape index (κ3) is 8.39. The summed E-state index contributed by atoms with van der Waals surface area (Å²) < 4.78 is 10.1. The standard InChI is InChI=1S/C28H47N5O7/c1-20-17-21(2)33(18-20)27(37)22(3)29-26(36)23(7-5-10-31-12-15-39-16-13-31)30(4)28(38)24-8-6-11-32(24)25(35)9-14-40-19-34/h19-24H,5-18H2,1-4H3,(H,29,36). The van der Waals surface area contributed by atoms with Crippen LogP contribution in [0.5, 0.6) is 0 Å². The Morgan fingerprint density at radius 3 is 2.50 bits per heavy atom. The van der Waals surface area contributed by atoms with Crippen molar-refractivity contribution in [2.75, 3.05) is 59.6 Å². The van der Waals surface area contributed by atoms with Gasteiger partial charge in [0, 0.05) is 39.3 Å². The van der Waals surface area contributed by atoms with Crippen molar-refractivity contribution in [2.45, 2.75) is 83.5 Å². The molecule has 1 N–H and O–H groups in total. The van der Waals surface area contributed by atoms with Crippen LogP contribution in [-0.2, 0) is 33.4 Å². The zero-order chi connectivity index (χ0) is 29.2. The van der Waals surface area contributed by atoms with E-state index in [4.69, 9.17) is 4.74 Å². The Morgan fingerprint density at radius 1 is 1.12 bits per heavy atom. The number of hydrogen-bond donors (Lipinski definition) is 1. The molecule has 3 fully saturated rings. The van der Waals surface area contributed by atoms with Crippen LogP contribution in [0.15, 0.2) is 0 Å². The molecule has 0 aliphatic carbocycles. The zero-order valence-electron chi connectivity index (χ0n) is 24.5. The van der Waals surface area contributed by atoms with E-state index < -0.39 is 18.1 Å². The lowest BCUT2D eigenvalue weighted by Gasteiger charge is -2.34. The molecule has 12 nitrogen and oxygen atoms in total. The Balaban J connectivity index is 1.67. The number of likely N-dealkylation sites (N-methyl/N-ethyl adjacent to an activating group) is 1. The molecule has 0 radical (unpaired) electrons. The summed E-state index contributed by atoms with van der Waals surface area (Å²) in [6.07, 6.45) is 3.24. The van der Waals surface area contributed by atoms with Crippen molar-refractivity contribution in [1.29, 1.82) is 0 Å². The van der Waals surface area contributed by atoms with Crippen LogP contribution in [-0.4, -0.2) is 133 Å². The molecule has 3 rings (SSSR count). The predicted molar refractivity (Wildman–Crippen MR) is 147 cm³/mol. The highest BCUT2D eigenvalue weighted by Gasteiger charge is 2.39. The van der Waals surface area contributed by atoms with E-state index in [0.717, 1.165) is 26.1 Å². The van der Waals surface area contributed by atoms with E-state index in [1.165, 1.54) is 9.80 Å². The summed E-state index contributed by atoms with van der Waals surface area (Å²) in [5.41, 5.74) is 0. The number of likely N-dealkylation sites (tertiary alicyclic amines) is 2. The lowest BCUT2D eigenvalue weighted by molar-refractivity contribution is -0.148. The second kappa shape index (κ2) is 15.3. The van der Waals surface area contributed by atoms with Crippen LogP contribution in [0.25, 0.3) is 0 Å². The van der Waals surface area contributed by atoms with Gasteiger partial charge < -0.3 is 29.5 Å². The van der Waals surface area contributed by atoms with Crippen molar-refractivity contribution in [1.82, 2.24) is 24.9 Å². The molecule has 3 heterocycles. The average Bonchev–Trinajstić information content (AvgIpc) is 3.56. The lowest BCUT2D eigenvalue weighted by atomic mass is 10.1. The van der Waals surface area contributed by atoms with Crippen LogP contribution < -0.4 is 5.32 Å². The number of amides is 4. The summed E-state index contributed by atoms with van der Waals surface area (Å²) in [4.78, 5) is 70.7. The molecule has 226 valence electrons. The average molecular weight is 566 g/mol. The van der Waals surface area contributed by atoms with Crippen molar-refractivity contribution in [3.05, 3.63) is 0 Å². The first-order valence-electron chi connectivity index (χ1n) is 14.7. The summed E-state index contributed by atoms with van der Waals surface area (Å²) in [7, 11) is 1.61. The van der Waals surface area contributed by atoms with Crippen molar-refractivity contribution >= 4 is 30.1 Å². The number of ether oxygens (including phenoxy) is 2. The van der Waals surface area contributed by atoms with E-state index in [1.807, 2.05) is 11.8 Å². The predicted octanol–water partition coefficient (Wildman–Crippen LogP) is 0.242. The van der Waals surface area contributed by atoms with Crippen LogP contribution in [0.4, 0.5) is 0 Å². The molecule has 0 aromatic rings. The molecule has 4 amide bonds. The van der Waals surface area contributed by atoms with Crippen molar-refractivity contribution < 1.29 is 33.4 Å². The monoisotopic (exact) mass is 565 g/mol. The quantitative estimate of drug-likeness (QED) is 0.249. The number of nitrogens with one attached hydrogen (secondary N) is 1. The van der Waals surface area contributed by atoms with Crippen LogP contribution in [0, 0.1) is 5.92 Å². The summed E-state index contributed by atoms with van der Waals surface area (Å²) in [6, 6.07) is -2.05. The van der Waals surface area contributed by atoms with Gasteiger partial charge in [-0.25, -0.2) is 0 Å². The molecular formula is C28H47N5O7. The SMILES string of the molecule is CC1CC(C)N(C(=O)C(C)NC(=O)C(CCCN2CCOCC2)N(C)C(=O)C2CCCN2C(=O)CCOC=O)C1. The maximum atomic E-state index is 13.7. The van der Waals surface area contributed by atoms with E-state index in [0.29, 0.717) is 64.4 Å². The van der Waals surface area contributed by atoms with Crippen molar-refractivity contribution in [3.63, 3.8) is 0 Å². The molecule has 5 unspecified atom stereocenters. The first kappa shape index (κ1) is 31.8. The smallest absolute Gasteiger partial charge is 0.293 e. The third-order valence-corrected chi connectivity index (χ3v) is 8.33. The first-order chi connectivity index (χ1) is 19.1. The molecule has 0 saturated carbocycles. The van der Waals surface area contributed by atoms with Gasteiger partial charge in [0.1, 0.15) is 18.1 Å². The Labute approximate surface area is 237 Å². The topological polar surface area (TPSA) is 129 Å². The minimum atomic E-state index is -0.783. The molecule has 40 heavy (non-hydrogen) atoms. The van der Waals surface area contributed by atoms with Gasteiger partial charge in [-0.1, -0.05) is 6.92 Å². The highest BCUT2D eigenvalue weighted by atomic mass is 16.5. The normalized spacial score (nSPS) is 24.9. The third-order valence-electron chi connectivity index (χ3n) is 8.33. The van der Waals surface area contributed by atoms with Gasteiger partial charge >= 0.3 is 0 Å². The number of rotatable bonds is 13. The van der Waals surface area contributed by atoms with Crippen LogP contribution in [0.1, 0.15) is 59.3 Å². The van der Waals surface area contributed by atoms with Crippen LogP contribution in [0.3, 0.4) is 0 Å². The summed E-state index contributed by atoms with van der Waals surface area (Å²) in [5.74, 6) is -0.618. The van der Waals surface area contributed by atoms with Gasteiger partial charge in [-0.15, -0.1) is 0 Å². The van der Waals surface area contributed by atoms with Gasteiger partial charge in [-0.05, 0) is 58.4 Å². The van der Waals surface area contributed by atoms with Crippen molar-refractivity contribution in [3.8, 4) is 0 Å². The van der Waals surface area contributed by atoms with E-state index in [-0.39, 0.29) is 42.7 Å². The largest absolute Gasteiger partial charge is 0.467 e. The molecule has 0 aromatic heterocycles. The zero-order valence-corrected chi connectivity index (χ0v) is 24.5. The summed E-state index contributed by atoms with van der Waals surface area (Å²) >= 11 is 0. The Morgan fingerprint density at radius 2 is 1.85 bits per heavy atom. The first-order valence-corrected chi connectivity index (χ1v) is 14.7. The maximum absolute atomic E-state index is 13.7. The number of carbonyl (C=O) groups is 5. The van der Waals surface area contributed by atoms with Gasteiger partial charge in [0.25, 0.3) is 6.47 Å². The molecule has 0 bridgehead atoms. The maximum Gasteiger partial charge on any atom is 0.293 e. The van der Waals surface area contributed by atoms with E-state index in [1.54, 1.807) is 14.0 Å². The highest BCUT2D eigenvalue weighted by molar-refractivity contribution is 5.94. The number of hydrogen-bond acceptors (Lipinski definition) is 8. The Bertz CT molecular complexity index is 896. The molecule has 0 spiro atoms. The minimum Gasteiger partial charge on any atom is -0.467 e. The second-order valence-corrected chi connectivity index (χ2v) is 11.4. The fourth-order valence-corrected chi connectivity index (χ4v) is 6.11. The molecule has 12 heteroatoms. The number of carbonyl (C=O) groups excluding carboxylic acids is 5. The molecular weight excluding hydrogens is 518 g/mol. The van der Waals surface area contributed by atoms with E-state index in [9.17, 15) is 24.0 Å². The highest BCUT2D eigenvalue weighted by Crippen LogP contribution is 2.24. The summed E-state index contributed by atoms with van der Waals surface area (Å²) in [5, 5.41) is 2.89.